The maximum Gasteiger partial charge on any atom is 0.255 e. The molecular formula is C26H18FN5O3. The lowest BCUT2D eigenvalue weighted by molar-refractivity contribution is 0.102. The Morgan fingerprint density at radius 2 is 1.63 bits per heavy atom. The van der Waals surface area contributed by atoms with Crippen LogP contribution >= 0.6 is 0 Å². The van der Waals surface area contributed by atoms with E-state index in [2.05, 4.69) is 20.3 Å². The van der Waals surface area contributed by atoms with Gasteiger partial charge in [0.05, 0.1) is 0 Å². The molecule has 0 saturated carbocycles. The predicted octanol–water partition coefficient (Wildman–Crippen LogP) is 5.64. The number of nitrogens with one attached hydrogen (secondary N) is 1. The lowest BCUT2D eigenvalue weighted by atomic mass is 10.2. The highest BCUT2D eigenvalue weighted by atomic mass is 19.1. The van der Waals surface area contributed by atoms with Gasteiger partial charge < -0.3 is 14.8 Å². The molecule has 0 saturated heterocycles. The van der Waals surface area contributed by atoms with Gasteiger partial charge in [0.1, 0.15) is 41.5 Å². The molecule has 0 aliphatic rings. The molecule has 35 heavy (non-hydrogen) atoms. The number of imidazole rings is 1. The fourth-order valence-electron chi connectivity index (χ4n) is 3.19. The van der Waals surface area contributed by atoms with Crippen LogP contribution in [0.1, 0.15) is 10.4 Å². The van der Waals surface area contributed by atoms with Gasteiger partial charge in [-0.25, -0.2) is 19.3 Å². The zero-order valence-electron chi connectivity index (χ0n) is 18.2. The van der Waals surface area contributed by atoms with Gasteiger partial charge in [-0.05, 0) is 66.7 Å². The molecule has 172 valence electrons. The SMILES string of the molecule is O=C(Nc1ccc(Oc2cc(-n3ccnc3)ncn2)cc1)c1cccc(Oc2ccc(F)cc2)c1. The van der Waals surface area contributed by atoms with Gasteiger partial charge in [-0.2, -0.15) is 0 Å². The van der Waals surface area contributed by atoms with E-state index >= 15 is 0 Å². The minimum absolute atomic E-state index is 0.302. The number of benzene rings is 3. The van der Waals surface area contributed by atoms with E-state index in [0.29, 0.717) is 40.2 Å². The van der Waals surface area contributed by atoms with E-state index in [1.807, 2.05) is 0 Å². The molecule has 0 aliphatic carbocycles. The van der Waals surface area contributed by atoms with E-state index in [4.69, 9.17) is 9.47 Å². The van der Waals surface area contributed by atoms with Crippen molar-refractivity contribution < 1.29 is 18.7 Å². The number of ether oxygens (including phenoxy) is 2. The van der Waals surface area contributed by atoms with E-state index < -0.39 is 0 Å². The van der Waals surface area contributed by atoms with Crippen LogP contribution in [0, 0.1) is 5.82 Å². The van der Waals surface area contributed by atoms with Crippen LogP contribution in [0.2, 0.25) is 0 Å². The highest BCUT2D eigenvalue weighted by Crippen LogP contribution is 2.25. The Morgan fingerprint density at radius 3 is 2.40 bits per heavy atom. The minimum atomic E-state index is -0.349. The molecule has 5 aromatic rings. The average molecular weight is 467 g/mol. The largest absolute Gasteiger partial charge is 0.457 e. The summed E-state index contributed by atoms with van der Waals surface area (Å²) in [6.07, 6.45) is 6.47. The quantitative estimate of drug-likeness (QED) is 0.333. The first-order valence-electron chi connectivity index (χ1n) is 10.6. The van der Waals surface area contributed by atoms with Gasteiger partial charge in [0.15, 0.2) is 0 Å². The molecule has 0 spiro atoms. The normalized spacial score (nSPS) is 10.5. The molecule has 0 aliphatic heterocycles. The highest BCUT2D eigenvalue weighted by molar-refractivity contribution is 6.04. The molecule has 0 atom stereocenters. The van der Waals surface area contributed by atoms with Gasteiger partial charge in [-0.3, -0.25) is 9.36 Å². The third-order valence-corrected chi connectivity index (χ3v) is 4.88. The molecule has 0 fully saturated rings. The van der Waals surface area contributed by atoms with Crippen molar-refractivity contribution in [1.82, 2.24) is 19.5 Å². The van der Waals surface area contributed by atoms with E-state index in [9.17, 15) is 9.18 Å². The molecular weight excluding hydrogens is 449 g/mol. The highest BCUT2D eigenvalue weighted by Gasteiger charge is 2.09. The van der Waals surface area contributed by atoms with Gasteiger partial charge >= 0.3 is 0 Å². The third-order valence-electron chi connectivity index (χ3n) is 4.88. The molecule has 5 rings (SSSR count). The Hall–Kier alpha value is -5.05. The Balaban J connectivity index is 1.22. The second-order valence-corrected chi connectivity index (χ2v) is 7.35. The van der Waals surface area contributed by atoms with Crippen LogP contribution in [0.3, 0.4) is 0 Å². The standard InChI is InChI=1S/C26H18FN5O3/c27-19-4-8-21(9-5-19)34-23-3-1-2-18(14-23)26(33)31-20-6-10-22(11-7-20)35-25-15-24(29-16-30-25)32-13-12-28-17-32/h1-17H,(H,31,33). The van der Waals surface area contributed by atoms with E-state index in [0.717, 1.165) is 0 Å². The zero-order chi connectivity index (χ0) is 24.0. The van der Waals surface area contributed by atoms with Gasteiger partial charge in [0.2, 0.25) is 5.88 Å². The number of hydrogen-bond donors (Lipinski definition) is 1. The lowest BCUT2D eigenvalue weighted by Gasteiger charge is -2.10. The lowest BCUT2D eigenvalue weighted by Crippen LogP contribution is -2.11. The van der Waals surface area contributed by atoms with Crippen molar-refractivity contribution in [3.8, 4) is 28.9 Å². The first-order chi connectivity index (χ1) is 17.1. The number of carbonyl (C=O) groups is 1. The fourth-order valence-corrected chi connectivity index (χ4v) is 3.19. The number of amides is 1. The summed E-state index contributed by atoms with van der Waals surface area (Å²) in [5, 5.41) is 2.84. The number of anilines is 1. The van der Waals surface area contributed by atoms with Crippen molar-refractivity contribution in [1.29, 1.82) is 0 Å². The minimum Gasteiger partial charge on any atom is -0.457 e. The van der Waals surface area contributed by atoms with E-state index in [1.54, 1.807) is 77.9 Å². The average Bonchev–Trinajstić information content (AvgIpc) is 3.42. The van der Waals surface area contributed by atoms with Crippen LogP contribution in [0.25, 0.3) is 5.82 Å². The zero-order valence-corrected chi connectivity index (χ0v) is 18.2. The van der Waals surface area contributed by atoms with Crippen LogP contribution in [0.5, 0.6) is 23.1 Å². The molecule has 1 N–H and O–H groups in total. The summed E-state index contributed by atoms with van der Waals surface area (Å²) in [5.74, 6) is 1.84. The first kappa shape index (κ1) is 21.8. The number of halogens is 1. The smallest absolute Gasteiger partial charge is 0.255 e. The van der Waals surface area contributed by atoms with E-state index in [1.165, 1.54) is 30.6 Å². The number of nitrogens with zero attached hydrogens (tertiary/aromatic N) is 4. The summed E-state index contributed by atoms with van der Waals surface area (Å²) in [5.41, 5.74) is 1.01. The van der Waals surface area contributed by atoms with Crippen LogP contribution < -0.4 is 14.8 Å². The van der Waals surface area contributed by atoms with Crippen molar-refractivity contribution in [2.24, 2.45) is 0 Å². The monoisotopic (exact) mass is 467 g/mol. The van der Waals surface area contributed by atoms with Gasteiger partial charge in [-0.15, -0.1) is 0 Å². The Bertz CT molecular complexity index is 1440. The van der Waals surface area contributed by atoms with Crippen LogP contribution in [-0.2, 0) is 0 Å². The topological polar surface area (TPSA) is 91.2 Å². The van der Waals surface area contributed by atoms with Crippen LogP contribution in [-0.4, -0.2) is 25.4 Å². The summed E-state index contributed by atoms with van der Waals surface area (Å²) < 4.78 is 26.3. The molecule has 2 aromatic heterocycles. The summed E-state index contributed by atoms with van der Waals surface area (Å²) in [6, 6.07) is 21.0. The molecule has 0 unspecified atom stereocenters. The van der Waals surface area contributed by atoms with Gasteiger partial charge in [-0.1, -0.05) is 6.07 Å². The molecule has 8 nitrogen and oxygen atoms in total. The number of carbonyl (C=O) groups excluding carboxylic acids is 1. The molecule has 2 heterocycles. The maximum absolute atomic E-state index is 13.1. The number of rotatable bonds is 7. The molecule has 3 aromatic carbocycles. The number of aromatic nitrogens is 4. The van der Waals surface area contributed by atoms with E-state index in [-0.39, 0.29) is 11.7 Å². The summed E-state index contributed by atoms with van der Waals surface area (Å²) in [6.45, 7) is 0. The van der Waals surface area contributed by atoms with Gasteiger partial charge in [0, 0.05) is 29.7 Å². The van der Waals surface area contributed by atoms with Crippen molar-refractivity contribution >= 4 is 11.6 Å². The Kier molecular flexibility index (Phi) is 6.12. The van der Waals surface area contributed by atoms with Crippen LogP contribution in [0.15, 0.2) is 104 Å². The number of hydrogen-bond acceptors (Lipinski definition) is 6. The van der Waals surface area contributed by atoms with Crippen LogP contribution in [0.4, 0.5) is 10.1 Å². The fraction of sp³-hybridized carbons (Fsp3) is 0. The van der Waals surface area contributed by atoms with Crippen molar-refractivity contribution in [2.45, 2.75) is 0 Å². The molecule has 0 bridgehead atoms. The van der Waals surface area contributed by atoms with Crippen molar-refractivity contribution in [3.05, 3.63) is 115 Å². The Labute approximate surface area is 199 Å². The third kappa shape index (κ3) is 5.48. The second kappa shape index (κ2) is 9.84. The van der Waals surface area contributed by atoms with Crippen molar-refractivity contribution in [3.63, 3.8) is 0 Å². The summed E-state index contributed by atoms with van der Waals surface area (Å²) in [4.78, 5) is 25.0. The molecule has 0 radical (unpaired) electrons. The predicted molar refractivity (Wildman–Crippen MR) is 127 cm³/mol. The Morgan fingerprint density at radius 1 is 0.857 bits per heavy atom. The van der Waals surface area contributed by atoms with Crippen molar-refractivity contribution in [2.75, 3.05) is 5.32 Å². The maximum atomic E-state index is 13.1. The summed E-state index contributed by atoms with van der Waals surface area (Å²) >= 11 is 0. The molecule has 9 heteroatoms. The first-order valence-corrected chi connectivity index (χ1v) is 10.6. The second-order valence-electron chi connectivity index (χ2n) is 7.35. The summed E-state index contributed by atoms with van der Waals surface area (Å²) in [7, 11) is 0. The van der Waals surface area contributed by atoms with Gasteiger partial charge in [0.25, 0.3) is 5.91 Å². The molecule has 1 amide bonds.